The highest BCUT2D eigenvalue weighted by Gasteiger charge is 2.20. The van der Waals surface area contributed by atoms with Crippen LogP contribution >= 0.6 is 0 Å². The molecule has 1 aromatic carbocycles. The second kappa shape index (κ2) is 4.82. The molecule has 0 amide bonds. The van der Waals surface area contributed by atoms with E-state index in [0.717, 1.165) is 5.56 Å². The van der Waals surface area contributed by atoms with E-state index in [1.165, 1.54) is 5.56 Å². The molecule has 1 N–H and O–H groups in total. The van der Waals surface area contributed by atoms with Gasteiger partial charge in [-0.1, -0.05) is 53.7 Å². The molecular weight excluding hydrogens is 211 g/mol. The van der Waals surface area contributed by atoms with E-state index in [2.05, 4.69) is 47.6 Å². The third-order valence-corrected chi connectivity index (χ3v) is 2.67. The van der Waals surface area contributed by atoms with Gasteiger partial charge in [-0.25, -0.2) is 0 Å². The highest BCUT2D eigenvalue weighted by molar-refractivity contribution is 5.75. The zero-order chi connectivity index (χ0) is 11.9. The predicted octanol–water partition coefficient (Wildman–Crippen LogP) is 3.61. The van der Waals surface area contributed by atoms with E-state index < -0.39 is 0 Å². The Bertz CT molecular complexity index is 356. The Kier molecular flexibility index (Phi) is 4.68. The molecule has 1 rings (SSSR count). The zero-order valence-corrected chi connectivity index (χ0v) is 12.4. The van der Waals surface area contributed by atoms with E-state index in [0.29, 0.717) is 5.75 Å². The van der Waals surface area contributed by atoms with Gasteiger partial charge in [0.05, 0.1) is 0 Å². The third kappa shape index (κ3) is 3.54. The summed E-state index contributed by atoms with van der Waals surface area (Å²) in [6.07, 6.45) is 0. The molecule has 0 aromatic heterocycles. The van der Waals surface area contributed by atoms with E-state index in [-0.39, 0.29) is 28.2 Å². The van der Waals surface area contributed by atoms with Gasteiger partial charge < -0.3 is 5.11 Å². The van der Waals surface area contributed by atoms with Crippen LogP contribution in [-0.2, 0) is 10.8 Å². The maximum Gasteiger partial charge on any atom is 0.119 e. The molecule has 0 heterocycles. The lowest BCUT2D eigenvalue weighted by Crippen LogP contribution is -2.14. The molecule has 0 fully saturated rings. The second-order valence-electron chi connectivity index (χ2n) is 6.23. The topological polar surface area (TPSA) is 20.2 Å². The number of aromatic hydroxyl groups is 1. The molecule has 0 unspecified atom stereocenters. The van der Waals surface area contributed by atoms with Crippen LogP contribution in [-0.4, -0.2) is 22.5 Å². The maximum atomic E-state index is 9.99. The van der Waals surface area contributed by atoms with Crippen LogP contribution in [0.15, 0.2) is 18.2 Å². The lowest BCUT2D eigenvalue weighted by atomic mass is 9.81. The first kappa shape index (κ1) is 15.6. The summed E-state index contributed by atoms with van der Waals surface area (Å²) in [5.41, 5.74) is 2.28. The van der Waals surface area contributed by atoms with Crippen LogP contribution in [0.2, 0.25) is 0 Å². The van der Waals surface area contributed by atoms with Gasteiger partial charge in [0.2, 0.25) is 0 Å². The van der Waals surface area contributed by atoms with Gasteiger partial charge in [-0.3, -0.25) is 0 Å². The molecule has 2 heteroatoms. The minimum atomic E-state index is 0. The Balaban J connectivity index is 0.00000225. The van der Waals surface area contributed by atoms with Crippen molar-refractivity contribution >= 4 is 17.4 Å². The van der Waals surface area contributed by atoms with Crippen molar-refractivity contribution in [2.45, 2.75) is 52.4 Å². The molecule has 0 saturated carbocycles. The van der Waals surface area contributed by atoms with Crippen molar-refractivity contribution in [1.82, 2.24) is 0 Å². The van der Waals surface area contributed by atoms with E-state index in [9.17, 15) is 5.11 Å². The summed E-state index contributed by atoms with van der Waals surface area (Å²) >= 11 is 0. The zero-order valence-electron chi connectivity index (χ0n) is 11.3. The summed E-state index contributed by atoms with van der Waals surface area (Å²) in [7, 11) is 0. The highest BCUT2D eigenvalue weighted by Crippen LogP contribution is 2.34. The Morgan fingerprint density at radius 3 is 1.69 bits per heavy atom. The monoisotopic (exact) mass is 233 g/mol. The molecule has 0 saturated heterocycles. The number of phenolic OH excluding ortho intramolecular Hbond substituents is 1. The van der Waals surface area contributed by atoms with Crippen LogP contribution in [0, 0.1) is 0 Å². The standard InChI is InChI=1S/C14H22O.Al/c1-13(2,3)10-7-8-11(12(15)9-10)14(4,5)6;/h7-9,15H,1-6H3;. The predicted molar refractivity (Wildman–Crippen MR) is 71.3 cm³/mol. The van der Waals surface area contributed by atoms with Gasteiger partial charge in [-0.2, -0.15) is 0 Å². The SMILES string of the molecule is CC(C)(C)c1ccc(C(C)(C)C)c(O)c1.[Al]. The molecule has 1 aromatic rings. The van der Waals surface area contributed by atoms with Crippen LogP contribution in [0.4, 0.5) is 0 Å². The van der Waals surface area contributed by atoms with Crippen LogP contribution < -0.4 is 0 Å². The molecule has 0 atom stereocenters. The summed E-state index contributed by atoms with van der Waals surface area (Å²) in [4.78, 5) is 0. The minimum Gasteiger partial charge on any atom is -0.508 e. The normalized spacial score (nSPS) is 12.1. The molecule has 0 aliphatic heterocycles. The Hall–Kier alpha value is -0.448. The third-order valence-electron chi connectivity index (χ3n) is 2.67. The number of phenols is 1. The summed E-state index contributed by atoms with van der Waals surface area (Å²) in [5.74, 6) is 0.412. The number of hydrogen-bond acceptors (Lipinski definition) is 1. The summed E-state index contributed by atoms with van der Waals surface area (Å²) in [6.45, 7) is 12.8. The van der Waals surface area contributed by atoms with Crippen molar-refractivity contribution < 1.29 is 5.11 Å². The fraction of sp³-hybridized carbons (Fsp3) is 0.571. The van der Waals surface area contributed by atoms with Gasteiger partial charge in [0.15, 0.2) is 0 Å². The van der Waals surface area contributed by atoms with Crippen LogP contribution in [0.1, 0.15) is 52.7 Å². The van der Waals surface area contributed by atoms with Gasteiger partial charge in [0, 0.05) is 17.4 Å². The Morgan fingerprint density at radius 1 is 0.875 bits per heavy atom. The van der Waals surface area contributed by atoms with Crippen molar-refractivity contribution in [3.63, 3.8) is 0 Å². The van der Waals surface area contributed by atoms with Crippen molar-refractivity contribution in [3.8, 4) is 5.75 Å². The molecule has 87 valence electrons. The quantitative estimate of drug-likeness (QED) is 0.679. The average molecular weight is 233 g/mol. The molecule has 0 bridgehead atoms. The molecule has 1 nitrogen and oxygen atoms in total. The first-order valence-electron chi connectivity index (χ1n) is 5.46. The maximum absolute atomic E-state index is 9.99. The Morgan fingerprint density at radius 2 is 1.38 bits per heavy atom. The van der Waals surface area contributed by atoms with Gasteiger partial charge in [0.25, 0.3) is 0 Å². The van der Waals surface area contributed by atoms with Gasteiger partial charge in [0.1, 0.15) is 5.75 Å². The summed E-state index contributed by atoms with van der Waals surface area (Å²) in [6, 6.07) is 6.04. The fourth-order valence-electron chi connectivity index (χ4n) is 1.63. The van der Waals surface area contributed by atoms with Crippen LogP contribution in [0.5, 0.6) is 5.75 Å². The fourth-order valence-corrected chi connectivity index (χ4v) is 1.63. The number of benzene rings is 1. The van der Waals surface area contributed by atoms with Gasteiger partial charge >= 0.3 is 0 Å². The second-order valence-corrected chi connectivity index (χ2v) is 6.23. The lowest BCUT2D eigenvalue weighted by molar-refractivity contribution is 0.443. The first-order valence-corrected chi connectivity index (χ1v) is 5.46. The van der Waals surface area contributed by atoms with Crippen molar-refractivity contribution in [2.75, 3.05) is 0 Å². The van der Waals surface area contributed by atoms with Crippen LogP contribution in [0.25, 0.3) is 0 Å². The average Bonchev–Trinajstić information content (AvgIpc) is 1.99. The molecule has 3 radical (unpaired) electrons. The molecule has 0 aliphatic carbocycles. The summed E-state index contributed by atoms with van der Waals surface area (Å²) < 4.78 is 0. The first-order chi connectivity index (χ1) is 6.62. The summed E-state index contributed by atoms with van der Waals surface area (Å²) in [5, 5.41) is 9.99. The molecular formula is C14H22AlO. The van der Waals surface area contributed by atoms with E-state index in [1.807, 2.05) is 12.1 Å². The van der Waals surface area contributed by atoms with Gasteiger partial charge in [-0.15, -0.1) is 0 Å². The number of hydrogen-bond donors (Lipinski definition) is 1. The minimum absolute atomic E-state index is 0. The van der Waals surface area contributed by atoms with E-state index >= 15 is 0 Å². The highest BCUT2D eigenvalue weighted by atomic mass is 27.0. The largest absolute Gasteiger partial charge is 0.508 e. The number of rotatable bonds is 0. The molecule has 16 heavy (non-hydrogen) atoms. The van der Waals surface area contributed by atoms with Gasteiger partial charge in [-0.05, 0) is 28.0 Å². The van der Waals surface area contributed by atoms with Crippen molar-refractivity contribution in [3.05, 3.63) is 29.3 Å². The van der Waals surface area contributed by atoms with E-state index in [4.69, 9.17) is 0 Å². The van der Waals surface area contributed by atoms with Crippen molar-refractivity contribution in [2.24, 2.45) is 0 Å². The Labute approximate surface area is 110 Å². The van der Waals surface area contributed by atoms with E-state index in [1.54, 1.807) is 0 Å². The van der Waals surface area contributed by atoms with Crippen LogP contribution in [0.3, 0.4) is 0 Å². The smallest absolute Gasteiger partial charge is 0.119 e. The lowest BCUT2D eigenvalue weighted by Gasteiger charge is -2.24. The molecule has 0 aliphatic rings. The molecule has 0 spiro atoms. The van der Waals surface area contributed by atoms with Crippen molar-refractivity contribution in [1.29, 1.82) is 0 Å².